The molecule has 3 nitrogen and oxygen atoms in total. The highest BCUT2D eigenvalue weighted by Gasteiger charge is 2.22. The Morgan fingerprint density at radius 3 is 2.07 bits per heavy atom. The molecule has 84 valence electrons. The molecule has 15 heavy (non-hydrogen) atoms. The van der Waals surface area contributed by atoms with E-state index in [0.29, 0.717) is 0 Å². The van der Waals surface area contributed by atoms with Gasteiger partial charge >= 0.3 is 0 Å². The van der Waals surface area contributed by atoms with E-state index in [0.717, 1.165) is 5.56 Å². The van der Waals surface area contributed by atoms with Gasteiger partial charge in [0, 0.05) is 6.04 Å². The van der Waals surface area contributed by atoms with E-state index in [4.69, 9.17) is 0 Å². The van der Waals surface area contributed by atoms with Gasteiger partial charge in [-0.3, -0.25) is 0 Å². The lowest BCUT2D eigenvalue weighted by Gasteiger charge is -2.16. The van der Waals surface area contributed by atoms with E-state index in [9.17, 15) is 8.42 Å². The lowest BCUT2D eigenvalue weighted by Crippen LogP contribution is -2.33. The SMILES string of the molecule is CC(C)NS(=O)(=O)[C@@H](C)c1ccccc1. The fourth-order valence-corrected chi connectivity index (χ4v) is 2.71. The molecule has 0 aromatic heterocycles. The molecule has 4 heteroatoms. The first-order valence-corrected chi connectivity index (χ1v) is 6.54. The minimum absolute atomic E-state index is 0.0684. The molecule has 0 saturated carbocycles. The Morgan fingerprint density at radius 1 is 1.07 bits per heavy atom. The number of sulfonamides is 1. The molecule has 1 aromatic carbocycles. The summed E-state index contributed by atoms with van der Waals surface area (Å²) in [5.74, 6) is 0. The van der Waals surface area contributed by atoms with E-state index in [1.54, 1.807) is 6.92 Å². The number of hydrogen-bond donors (Lipinski definition) is 1. The smallest absolute Gasteiger partial charge is 0.212 e. The molecule has 1 rings (SSSR count). The van der Waals surface area contributed by atoms with Gasteiger partial charge in [0.25, 0.3) is 0 Å². The molecule has 0 amide bonds. The maximum Gasteiger partial charge on any atom is 0.218 e. The zero-order valence-corrected chi connectivity index (χ0v) is 10.1. The van der Waals surface area contributed by atoms with Crippen molar-refractivity contribution in [3.63, 3.8) is 0 Å². The number of rotatable bonds is 4. The third kappa shape index (κ3) is 3.32. The summed E-state index contributed by atoms with van der Waals surface area (Å²) in [6, 6.07) is 9.14. The van der Waals surface area contributed by atoms with Crippen LogP contribution >= 0.6 is 0 Å². The molecule has 1 N–H and O–H groups in total. The fourth-order valence-electron chi connectivity index (χ4n) is 1.33. The summed E-state index contributed by atoms with van der Waals surface area (Å²) in [5, 5.41) is -0.513. The van der Waals surface area contributed by atoms with Crippen LogP contribution < -0.4 is 4.72 Å². The van der Waals surface area contributed by atoms with Crippen LogP contribution in [0.2, 0.25) is 0 Å². The largest absolute Gasteiger partial charge is 0.218 e. The molecule has 0 saturated heterocycles. The Kier molecular flexibility index (Phi) is 3.88. The van der Waals surface area contributed by atoms with Crippen molar-refractivity contribution in [3.8, 4) is 0 Å². The van der Waals surface area contributed by atoms with E-state index >= 15 is 0 Å². The summed E-state index contributed by atoms with van der Waals surface area (Å²) in [6.45, 7) is 5.32. The third-order valence-electron chi connectivity index (χ3n) is 2.13. The Labute approximate surface area is 91.6 Å². The van der Waals surface area contributed by atoms with Crippen molar-refractivity contribution in [1.29, 1.82) is 0 Å². The first-order valence-electron chi connectivity index (χ1n) is 4.99. The summed E-state index contributed by atoms with van der Waals surface area (Å²) in [7, 11) is -3.26. The second-order valence-corrected chi connectivity index (χ2v) is 5.90. The summed E-state index contributed by atoms with van der Waals surface area (Å²) in [6.07, 6.45) is 0. The van der Waals surface area contributed by atoms with Gasteiger partial charge in [-0.2, -0.15) is 0 Å². The van der Waals surface area contributed by atoms with Crippen molar-refractivity contribution < 1.29 is 8.42 Å². The van der Waals surface area contributed by atoms with Gasteiger partial charge in [0.1, 0.15) is 0 Å². The second kappa shape index (κ2) is 4.77. The normalized spacial score (nSPS) is 14.1. The highest BCUT2D eigenvalue weighted by Crippen LogP contribution is 2.20. The van der Waals surface area contributed by atoms with Crippen LogP contribution in [0.25, 0.3) is 0 Å². The Morgan fingerprint density at radius 2 is 1.60 bits per heavy atom. The van der Waals surface area contributed by atoms with E-state index < -0.39 is 15.3 Å². The van der Waals surface area contributed by atoms with Gasteiger partial charge in [-0.15, -0.1) is 0 Å². The van der Waals surface area contributed by atoms with Crippen LogP contribution in [0.4, 0.5) is 0 Å². The van der Waals surface area contributed by atoms with Crippen molar-refractivity contribution in [2.45, 2.75) is 32.1 Å². The van der Waals surface area contributed by atoms with Gasteiger partial charge in [0.2, 0.25) is 10.0 Å². The number of benzene rings is 1. The lowest BCUT2D eigenvalue weighted by molar-refractivity contribution is 0.559. The molecule has 0 fully saturated rings. The average Bonchev–Trinajstić information content (AvgIpc) is 2.16. The number of nitrogens with one attached hydrogen (secondary N) is 1. The Hall–Kier alpha value is -0.870. The zero-order valence-electron chi connectivity index (χ0n) is 9.27. The predicted octanol–water partition coefficient (Wildman–Crippen LogP) is 2.08. The van der Waals surface area contributed by atoms with Gasteiger partial charge in [-0.25, -0.2) is 13.1 Å². The summed E-state index contributed by atoms with van der Waals surface area (Å²) in [4.78, 5) is 0. The predicted molar refractivity (Wildman–Crippen MR) is 62.0 cm³/mol. The average molecular weight is 227 g/mol. The van der Waals surface area contributed by atoms with Crippen molar-refractivity contribution in [2.24, 2.45) is 0 Å². The van der Waals surface area contributed by atoms with Crippen LogP contribution in [0, 0.1) is 0 Å². The van der Waals surface area contributed by atoms with Crippen molar-refractivity contribution in [1.82, 2.24) is 4.72 Å². The molecule has 0 aliphatic carbocycles. The molecule has 1 atom stereocenters. The van der Waals surface area contributed by atoms with Crippen molar-refractivity contribution >= 4 is 10.0 Å². The molecule has 0 radical (unpaired) electrons. The second-order valence-electron chi connectivity index (χ2n) is 3.87. The molecule has 0 aliphatic heterocycles. The third-order valence-corrected chi connectivity index (χ3v) is 4.14. The van der Waals surface area contributed by atoms with E-state index in [2.05, 4.69) is 4.72 Å². The van der Waals surface area contributed by atoms with Gasteiger partial charge in [0.05, 0.1) is 5.25 Å². The monoisotopic (exact) mass is 227 g/mol. The maximum atomic E-state index is 11.8. The highest BCUT2D eigenvalue weighted by atomic mass is 32.2. The van der Waals surface area contributed by atoms with Crippen LogP contribution in [-0.4, -0.2) is 14.5 Å². The first kappa shape index (κ1) is 12.2. The first-order chi connectivity index (χ1) is 6.93. The molecule has 0 spiro atoms. The molecule has 0 heterocycles. The highest BCUT2D eigenvalue weighted by molar-refractivity contribution is 7.89. The van der Waals surface area contributed by atoms with Crippen LogP contribution in [0.1, 0.15) is 31.6 Å². The molecule has 1 aromatic rings. The van der Waals surface area contributed by atoms with Crippen LogP contribution in [0.3, 0.4) is 0 Å². The van der Waals surface area contributed by atoms with Gasteiger partial charge in [-0.1, -0.05) is 30.3 Å². The minimum Gasteiger partial charge on any atom is -0.212 e. The van der Waals surface area contributed by atoms with Gasteiger partial charge < -0.3 is 0 Å². The fraction of sp³-hybridized carbons (Fsp3) is 0.455. The lowest BCUT2D eigenvalue weighted by atomic mass is 10.2. The van der Waals surface area contributed by atoms with E-state index in [1.165, 1.54) is 0 Å². The Balaban J connectivity index is 2.90. The quantitative estimate of drug-likeness (QED) is 0.856. The molecular weight excluding hydrogens is 210 g/mol. The van der Waals surface area contributed by atoms with Gasteiger partial charge in [0.15, 0.2) is 0 Å². The summed E-state index contributed by atoms with van der Waals surface area (Å²) < 4.78 is 26.3. The topological polar surface area (TPSA) is 46.2 Å². The van der Waals surface area contributed by atoms with E-state index in [1.807, 2.05) is 44.2 Å². The molecular formula is C11H17NO2S. The van der Waals surface area contributed by atoms with E-state index in [-0.39, 0.29) is 6.04 Å². The molecule has 0 bridgehead atoms. The standard InChI is InChI=1S/C11H17NO2S/c1-9(2)12-15(13,14)10(3)11-7-5-4-6-8-11/h4-10,12H,1-3H3/t10-/m0/s1. The van der Waals surface area contributed by atoms with Crippen LogP contribution in [0.15, 0.2) is 30.3 Å². The minimum atomic E-state index is -3.26. The van der Waals surface area contributed by atoms with Gasteiger partial charge in [-0.05, 0) is 26.3 Å². The molecule has 0 unspecified atom stereocenters. The van der Waals surface area contributed by atoms with Crippen LogP contribution in [-0.2, 0) is 10.0 Å². The van der Waals surface area contributed by atoms with Crippen molar-refractivity contribution in [3.05, 3.63) is 35.9 Å². The maximum absolute atomic E-state index is 11.8. The molecule has 0 aliphatic rings. The van der Waals surface area contributed by atoms with Crippen LogP contribution in [0.5, 0.6) is 0 Å². The zero-order chi connectivity index (χ0) is 11.5. The van der Waals surface area contributed by atoms with Crippen molar-refractivity contribution in [2.75, 3.05) is 0 Å². The Bertz CT molecular complexity index is 398. The number of hydrogen-bond acceptors (Lipinski definition) is 2. The summed E-state index contributed by atoms with van der Waals surface area (Å²) >= 11 is 0. The summed E-state index contributed by atoms with van der Waals surface area (Å²) in [5.41, 5.74) is 0.811.